The van der Waals surface area contributed by atoms with Crippen LogP contribution in [0.15, 0.2) is 41.0 Å². The van der Waals surface area contributed by atoms with E-state index in [0.29, 0.717) is 12.3 Å². The van der Waals surface area contributed by atoms with E-state index < -0.39 is 5.97 Å². The Morgan fingerprint density at radius 3 is 2.83 bits per heavy atom. The minimum Gasteiger partial charge on any atom is -0.478 e. The highest BCUT2D eigenvalue weighted by atomic mass is 16.4. The van der Waals surface area contributed by atoms with Crippen molar-refractivity contribution in [2.24, 2.45) is 0 Å². The predicted molar refractivity (Wildman–Crippen MR) is 67.4 cm³/mol. The smallest absolute Gasteiger partial charge is 0.338 e. The van der Waals surface area contributed by atoms with Crippen LogP contribution in [0.1, 0.15) is 27.2 Å². The van der Waals surface area contributed by atoms with E-state index in [2.05, 4.69) is 24.4 Å². The van der Waals surface area contributed by atoms with Crippen molar-refractivity contribution >= 4 is 5.97 Å². The van der Waals surface area contributed by atoms with E-state index >= 15 is 0 Å². The monoisotopic (exact) mass is 245 g/mol. The fraction of sp³-hybridized carbons (Fsp3) is 0.214. The first-order chi connectivity index (χ1) is 8.65. The Bertz CT molecular complexity index is 545. The van der Waals surface area contributed by atoms with Crippen LogP contribution < -0.4 is 5.32 Å². The summed E-state index contributed by atoms with van der Waals surface area (Å²) in [6, 6.07) is 9.76. The molecule has 0 unspecified atom stereocenters. The molecule has 1 aromatic carbocycles. The van der Waals surface area contributed by atoms with E-state index in [1.165, 1.54) is 23.5 Å². The lowest BCUT2D eigenvalue weighted by molar-refractivity contribution is 0.0696. The Labute approximate surface area is 105 Å². The number of furan rings is 1. The summed E-state index contributed by atoms with van der Waals surface area (Å²) < 4.78 is 5.14. The summed E-state index contributed by atoms with van der Waals surface area (Å²) in [5.74, 6) is -0.344. The van der Waals surface area contributed by atoms with Crippen LogP contribution in [0.2, 0.25) is 0 Å². The molecule has 0 aliphatic rings. The number of rotatable bonds is 5. The lowest BCUT2D eigenvalue weighted by Crippen LogP contribution is -2.12. The molecule has 0 radical (unpaired) electrons. The fourth-order valence-electron chi connectivity index (χ4n) is 1.74. The number of aromatic carboxylic acids is 1. The lowest BCUT2D eigenvalue weighted by atomic mass is 10.1. The second-order valence-electron chi connectivity index (χ2n) is 4.20. The van der Waals surface area contributed by atoms with Crippen molar-refractivity contribution in [3.63, 3.8) is 0 Å². The van der Waals surface area contributed by atoms with Gasteiger partial charge in [-0.3, -0.25) is 0 Å². The number of benzene rings is 1. The second kappa shape index (κ2) is 5.51. The maximum atomic E-state index is 10.7. The Morgan fingerprint density at radius 1 is 1.33 bits per heavy atom. The van der Waals surface area contributed by atoms with Gasteiger partial charge in [-0.2, -0.15) is 0 Å². The molecular weight excluding hydrogens is 230 g/mol. The summed E-state index contributed by atoms with van der Waals surface area (Å²) in [4.78, 5) is 10.7. The maximum Gasteiger partial charge on any atom is 0.338 e. The second-order valence-corrected chi connectivity index (χ2v) is 4.20. The van der Waals surface area contributed by atoms with Crippen molar-refractivity contribution in [2.45, 2.75) is 20.0 Å². The minimum absolute atomic E-state index is 0.183. The van der Waals surface area contributed by atoms with E-state index in [1.54, 1.807) is 0 Å². The topological polar surface area (TPSA) is 62.5 Å². The standard InChI is InChI=1S/C14H15NO3/c1-10-3-2-4-11(5-10)7-15-8-13-6-12(9-18-13)14(16)17/h2-6,9,15H,7-8H2,1H3,(H,16,17). The molecule has 0 saturated heterocycles. The van der Waals surface area contributed by atoms with Crippen LogP contribution in [0.3, 0.4) is 0 Å². The van der Waals surface area contributed by atoms with Gasteiger partial charge < -0.3 is 14.8 Å². The van der Waals surface area contributed by atoms with E-state index in [-0.39, 0.29) is 5.56 Å². The quantitative estimate of drug-likeness (QED) is 0.849. The molecule has 0 bridgehead atoms. The van der Waals surface area contributed by atoms with Gasteiger partial charge in [0.2, 0.25) is 0 Å². The molecule has 0 aliphatic carbocycles. The summed E-state index contributed by atoms with van der Waals surface area (Å²) in [5.41, 5.74) is 2.60. The third-order valence-corrected chi connectivity index (χ3v) is 2.61. The zero-order valence-corrected chi connectivity index (χ0v) is 10.1. The van der Waals surface area contributed by atoms with Gasteiger partial charge in [0.25, 0.3) is 0 Å². The summed E-state index contributed by atoms with van der Waals surface area (Å²) in [6.45, 7) is 3.29. The molecule has 2 N–H and O–H groups in total. The molecule has 94 valence electrons. The Hall–Kier alpha value is -2.07. The van der Waals surface area contributed by atoms with Crippen LogP contribution in [0.4, 0.5) is 0 Å². The molecular formula is C14H15NO3. The number of hydrogen-bond donors (Lipinski definition) is 2. The van der Waals surface area contributed by atoms with E-state index in [4.69, 9.17) is 9.52 Å². The van der Waals surface area contributed by atoms with Crippen LogP contribution >= 0.6 is 0 Å². The SMILES string of the molecule is Cc1cccc(CNCc2cc(C(=O)O)co2)c1. The molecule has 4 heteroatoms. The number of nitrogens with one attached hydrogen (secondary N) is 1. The molecule has 0 amide bonds. The summed E-state index contributed by atoms with van der Waals surface area (Å²) in [7, 11) is 0. The Morgan fingerprint density at radius 2 is 2.17 bits per heavy atom. The van der Waals surface area contributed by atoms with Gasteiger partial charge in [-0.15, -0.1) is 0 Å². The van der Waals surface area contributed by atoms with Gasteiger partial charge in [-0.05, 0) is 18.6 Å². The highest BCUT2D eigenvalue weighted by molar-refractivity contribution is 5.87. The lowest BCUT2D eigenvalue weighted by Gasteiger charge is -2.03. The van der Waals surface area contributed by atoms with Gasteiger partial charge >= 0.3 is 5.97 Å². The molecule has 0 spiro atoms. The fourth-order valence-corrected chi connectivity index (χ4v) is 1.74. The van der Waals surface area contributed by atoms with Crippen molar-refractivity contribution in [1.82, 2.24) is 5.32 Å². The van der Waals surface area contributed by atoms with Gasteiger partial charge in [0, 0.05) is 6.54 Å². The molecule has 2 aromatic rings. The minimum atomic E-state index is -0.969. The zero-order chi connectivity index (χ0) is 13.0. The highest BCUT2D eigenvalue weighted by Crippen LogP contribution is 2.08. The average molecular weight is 245 g/mol. The van der Waals surface area contributed by atoms with Crippen molar-refractivity contribution in [3.05, 3.63) is 59.0 Å². The van der Waals surface area contributed by atoms with Crippen LogP contribution in [0.25, 0.3) is 0 Å². The molecule has 0 fully saturated rings. The first kappa shape index (κ1) is 12.4. The van der Waals surface area contributed by atoms with Gasteiger partial charge in [0.1, 0.15) is 12.0 Å². The zero-order valence-electron chi connectivity index (χ0n) is 10.1. The maximum absolute atomic E-state index is 10.7. The average Bonchev–Trinajstić information content (AvgIpc) is 2.78. The van der Waals surface area contributed by atoms with E-state index in [0.717, 1.165) is 6.54 Å². The third kappa shape index (κ3) is 3.21. The van der Waals surface area contributed by atoms with Crippen LogP contribution in [-0.2, 0) is 13.1 Å². The van der Waals surface area contributed by atoms with Crippen molar-refractivity contribution in [2.75, 3.05) is 0 Å². The Balaban J connectivity index is 1.86. The molecule has 2 rings (SSSR count). The molecule has 4 nitrogen and oxygen atoms in total. The predicted octanol–water partition coefficient (Wildman–Crippen LogP) is 2.58. The first-order valence-corrected chi connectivity index (χ1v) is 5.72. The number of hydrogen-bond acceptors (Lipinski definition) is 3. The van der Waals surface area contributed by atoms with Crippen LogP contribution in [0, 0.1) is 6.92 Å². The van der Waals surface area contributed by atoms with E-state index in [1.807, 2.05) is 12.1 Å². The number of carboxylic acids is 1. The third-order valence-electron chi connectivity index (χ3n) is 2.61. The van der Waals surface area contributed by atoms with Gasteiger partial charge in [0.05, 0.1) is 12.1 Å². The summed E-state index contributed by atoms with van der Waals surface area (Å²) >= 11 is 0. The molecule has 1 aromatic heterocycles. The molecule has 0 atom stereocenters. The van der Waals surface area contributed by atoms with Crippen LogP contribution in [0.5, 0.6) is 0 Å². The molecule has 18 heavy (non-hydrogen) atoms. The van der Waals surface area contributed by atoms with Crippen molar-refractivity contribution < 1.29 is 14.3 Å². The number of aryl methyl sites for hydroxylation is 1. The van der Waals surface area contributed by atoms with Crippen molar-refractivity contribution in [3.8, 4) is 0 Å². The number of carbonyl (C=O) groups is 1. The summed E-state index contributed by atoms with van der Waals surface area (Å²) in [5, 5.41) is 12.0. The van der Waals surface area contributed by atoms with E-state index in [9.17, 15) is 4.79 Å². The number of carboxylic acid groups (broad SMARTS) is 1. The first-order valence-electron chi connectivity index (χ1n) is 5.72. The van der Waals surface area contributed by atoms with Gasteiger partial charge in [-0.1, -0.05) is 29.8 Å². The van der Waals surface area contributed by atoms with Crippen LogP contribution in [-0.4, -0.2) is 11.1 Å². The molecule has 0 saturated carbocycles. The molecule has 1 heterocycles. The normalized spacial score (nSPS) is 10.5. The van der Waals surface area contributed by atoms with Gasteiger partial charge in [-0.25, -0.2) is 4.79 Å². The largest absolute Gasteiger partial charge is 0.478 e. The molecule has 0 aliphatic heterocycles. The highest BCUT2D eigenvalue weighted by Gasteiger charge is 2.07. The van der Waals surface area contributed by atoms with Gasteiger partial charge in [0.15, 0.2) is 0 Å². The summed E-state index contributed by atoms with van der Waals surface area (Å²) in [6.07, 6.45) is 1.26. The Kier molecular flexibility index (Phi) is 3.79. The van der Waals surface area contributed by atoms with Crippen molar-refractivity contribution in [1.29, 1.82) is 0 Å².